The predicted octanol–water partition coefficient (Wildman–Crippen LogP) is 2.79. The second-order valence-corrected chi connectivity index (χ2v) is 4.57. The van der Waals surface area contributed by atoms with Crippen LogP contribution in [0.25, 0.3) is 0 Å². The molecular weight excluding hydrogens is 242 g/mol. The maximum absolute atomic E-state index is 5.58. The molecule has 0 fully saturated rings. The number of hydrogen-bond donors (Lipinski definition) is 1. The van der Waals surface area contributed by atoms with Crippen molar-refractivity contribution in [1.82, 2.24) is 4.98 Å². The molecule has 2 rings (SSSR count). The quantitative estimate of drug-likeness (QED) is 0.859. The zero-order valence-corrected chi connectivity index (χ0v) is 11.2. The van der Waals surface area contributed by atoms with Gasteiger partial charge in [0.1, 0.15) is 4.99 Å². The van der Waals surface area contributed by atoms with Gasteiger partial charge in [-0.25, -0.2) is 0 Å². The van der Waals surface area contributed by atoms with Crippen LogP contribution in [0.2, 0.25) is 0 Å². The summed E-state index contributed by atoms with van der Waals surface area (Å²) in [6.45, 7) is 1.98. The molecule has 0 amide bonds. The molecule has 0 radical (unpaired) electrons. The molecule has 1 aromatic heterocycles. The average Bonchev–Trinajstić information content (AvgIpc) is 2.38. The number of aromatic nitrogens is 1. The Balaban J connectivity index is 2.28. The van der Waals surface area contributed by atoms with Gasteiger partial charge < -0.3 is 10.6 Å². The molecule has 1 aromatic carbocycles. The van der Waals surface area contributed by atoms with E-state index in [0.29, 0.717) is 4.99 Å². The number of nitrogens with zero attached hydrogens (tertiary/aromatic N) is 2. The molecule has 2 N–H and O–H groups in total. The Bertz CT molecular complexity index is 564. The van der Waals surface area contributed by atoms with Gasteiger partial charge >= 0.3 is 0 Å². The summed E-state index contributed by atoms with van der Waals surface area (Å²) in [6, 6.07) is 11.9. The number of hydrogen-bond acceptors (Lipinski definition) is 3. The van der Waals surface area contributed by atoms with Gasteiger partial charge in [0.05, 0.1) is 0 Å². The fourth-order valence-corrected chi connectivity index (χ4v) is 1.87. The van der Waals surface area contributed by atoms with E-state index in [1.54, 1.807) is 0 Å². The third-order valence-corrected chi connectivity index (χ3v) is 3.04. The normalized spacial score (nSPS) is 10.1. The van der Waals surface area contributed by atoms with Crippen molar-refractivity contribution in [2.45, 2.75) is 6.92 Å². The lowest BCUT2D eigenvalue weighted by Crippen LogP contribution is -2.12. The fourth-order valence-electron chi connectivity index (χ4n) is 1.74. The van der Waals surface area contributed by atoms with Crippen LogP contribution in [0.1, 0.15) is 11.3 Å². The summed E-state index contributed by atoms with van der Waals surface area (Å²) >= 11 is 4.94. The van der Waals surface area contributed by atoms with Crippen LogP contribution in [0.5, 0.6) is 0 Å². The Hall–Kier alpha value is -1.94. The highest BCUT2D eigenvalue weighted by Gasteiger charge is 2.04. The van der Waals surface area contributed by atoms with Gasteiger partial charge in [-0.15, -0.1) is 0 Å². The highest BCUT2D eigenvalue weighted by atomic mass is 32.1. The van der Waals surface area contributed by atoms with Crippen molar-refractivity contribution in [1.29, 1.82) is 0 Å². The van der Waals surface area contributed by atoms with Crippen molar-refractivity contribution in [3.8, 4) is 0 Å². The molecule has 0 unspecified atom stereocenters. The zero-order chi connectivity index (χ0) is 13.1. The van der Waals surface area contributed by atoms with Crippen LogP contribution < -0.4 is 10.6 Å². The third-order valence-electron chi connectivity index (χ3n) is 2.81. The van der Waals surface area contributed by atoms with Crippen molar-refractivity contribution in [2.24, 2.45) is 5.73 Å². The first kappa shape index (κ1) is 12.5. The molecule has 4 heteroatoms. The van der Waals surface area contributed by atoms with Crippen LogP contribution in [-0.4, -0.2) is 17.0 Å². The van der Waals surface area contributed by atoms with E-state index in [2.05, 4.69) is 9.88 Å². The first-order chi connectivity index (χ1) is 8.58. The maximum atomic E-state index is 5.58. The van der Waals surface area contributed by atoms with E-state index in [9.17, 15) is 0 Å². The molecule has 0 saturated heterocycles. The number of nitrogens with two attached hydrogens (primary N) is 1. The Morgan fingerprint density at radius 1 is 1.17 bits per heavy atom. The van der Waals surface area contributed by atoms with Gasteiger partial charge in [-0.2, -0.15) is 0 Å². The average molecular weight is 257 g/mol. The van der Waals surface area contributed by atoms with Crippen molar-refractivity contribution in [2.75, 3.05) is 11.9 Å². The molecule has 0 spiro atoms. The second-order valence-electron chi connectivity index (χ2n) is 4.13. The summed E-state index contributed by atoms with van der Waals surface area (Å²) in [4.78, 5) is 6.71. The van der Waals surface area contributed by atoms with Gasteiger partial charge in [0.15, 0.2) is 0 Å². The van der Waals surface area contributed by atoms with Crippen LogP contribution in [0.3, 0.4) is 0 Å². The first-order valence-corrected chi connectivity index (χ1v) is 6.05. The number of benzene rings is 1. The molecule has 0 aliphatic carbocycles. The molecule has 0 atom stereocenters. The molecule has 2 aromatic rings. The van der Waals surface area contributed by atoms with Gasteiger partial charge in [0.25, 0.3) is 0 Å². The van der Waals surface area contributed by atoms with E-state index < -0.39 is 0 Å². The molecule has 3 nitrogen and oxygen atoms in total. The molecule has 0 saturated carbocycles. The van der Waals surface area contributed by atoms with Gasteiger partial charge in [-0.05, 0) is 43.3 Å². The fraction of sp³-hybridized carbons (Fsp3) is 0.143. The SMILES string of the molecule is Cc1cc(N(C)c2ccc(C(N)=S)cc2)ccn1. The lowest BCUT2D eigenvalue weighted by Gasteiger charge is -2.20. The van der Waals surface area contributed by atoms with E-state index in [-0.39, 0.29) is 0 Å². The Morgan fingerprint density at radius 2 is 1.83 bits per heavy atom. The third kappa shape index (κ3) is 2.65. The van der Waals surface area contributed by atoms with Gasteiger partial charge in [-0.3, -0.25) is 4.98 Å². The van der Waals surface area contributed by atoms with E-state index in [1.165, 1.54) is 0 Å². The number of pyridine rings is 1. The van der Waals surface area contributed by atoms with Crippen molar-refractivity contribution >= 4 is 28.6 Å². The molecule has 0 bridgehead atoms. The van der Waals surface area contributed by atoms with Crippen LogP contribution in [0.4, 0.5) is 11.4 Å². The van der Waals surface area contributed by atoms with Gasteiger partial charge in [-0.1, -0.05) is 12.2 Å². The van der Waals surface area contributed by atoms with Crippen molar-refractivity contribution in [3.63, 3.8) is 0 Å². The zero-order valence-electron chi connectivity index (χ0n) is 10.4. The van der Waals surface area contributed by atoms with Crippen molar-refractivity contribution in [3.05, 3.63) is 53.9 Å². The lowest BCUT2D eigenvalue weighted by atomic mass is 10.2. The van der Waals surface area contributed by atoms with Crippen LogP contribution in [-0.2, 0) is 0 Å². The molecule has 0 aliphatic heterocycles. The summed E-state index contributed by atoms with van der Waals surface area (Å²) in [6.07, 6.45) is 1.81. The summed E-state index contributed by atoms with van der Waals surface area (Å²) < 4.78 is 0. The van der Waals surface area contributed by atoms with Crippen LogP contribution >= 0.6 is 12.2 Å². The largest absolute Gasteiger partial charge is 0.389 e. The maximum Gasteiger partial charge on any atom is 0.103 e. The molecular formula is C14H15N3S. The summed E-state index contributed by atoms with van der Waals surface area (Å²) in [5.41, 5.74) is 9.65. The smallest absolute Gasteiger partial charge is 0.103 e. The highest BCUT2D eigenvalue weighted by molar-refractivity contribution is 7.80. The topological polar surface area (TPSA) is 42.1 Å². The minimum absolute atomic E-state index is 0.420. The van der Waals surface area contributed by atoms with Crippen molar-refractivity contribution < 1.29 is 0 Å². The first-order valence-electron chi connectivity index (χ1n) is 5.64. The lowest BCUT2D eigenvalue weighted by molar-refractivity contribution is 1.15. The number of rotatable bonds is 3. The predicted molar refractivity (Wildman–Crippen MR) is 79.4 cm³/mol. The summed E-state index contributed by atoms with van der Waals surface area (Å²) in [5.74, 6) is 0. The Kier molecular flexibility index (Phi) is 3.58. The monoisotopic (exact) mass is 257 g/mol. The molecule has 0 aliphatic rings. The van der Waals surface area contributed by atoms with E-state index in [1.807, 2.05) is 56.6 Å². The second kappa shape index (κ2) is 5.14. The molecule has 92 valence electrons. The number of thiocarbonyl (C=S) groups is 1. The van der Waals surface area contributed by atoms with Gasteiger partial charge in [0, 0.05) is 35.9 Å². The van der Waals surface area contributed by atoms with E-state index >= 15 is 0 Å². The van der Waals surface area contributed by atoms with E-state index in [0.717, 1.165) is 22.6 Å². The van der Waals surface area contributed by atoms with Crippen LogP contribution in [0.15, 0.2) is 42.6 Å². The summed E-state index contributed by atoms with van der Waals surface area (Å²) in [5, 5.41) is 0. The van der Waals surface area contributed by atoms with Crippen LogP contribution in [0, 0.1) is 6.92 Å². The minimum Gasteiger partial charge on any atom is -0.389 e. The standard InChI is InChI=1S/C14H15N3S/c1-10-9-13(7-8-16-10)17(2)12-5-3-11(4-6-12)14(15)18/h3-9H,1-2H3,(H2,15,18). The number of aryl methyl sites for hydroxylation is 1. The highest BCUT2D eigenvalue weighted by Crippen LogP contribution is 2.23. The Labute approximate surface area is 112 Å². The molecule has 1 heterocycles. The molecule has 18 heavy (non-hydrogen) atoms. The van der Waals surface area contributed by atoms with Gasteiger partial charge in [0.2, 0.25) is 0 Å². The minimum atomic E-state index is 0.420. The number of anilines is 2. The summed E-state index contributed by atoms with van der Waals surface area (Å²) in [7, 11) is 2.02. The van der Waals surface area contributed by atoms with E-state index in [4.69, 9.17) is 18.0 Å². The Morgan fingerprint density at radius 3 is 2.39 bits per heavy atom.